The topological polar surface area (TPSA) is 61.1 Å². The largest absolute Gasteiger partial charge is 0.395 e. The van der Waals surface area contributed by atoms with Crippen LogP contribution < -0.4 is 4.90 Å². The molecule has 0 radical (unpaired) electrons. The van der Waals surface area contributed by atoms with Crippen molar-refractivity contribution in [2.75, 3.05) is 25.1 Å². The first-order chi connectivity index (χ1) is 10.9. The molecule has 5 nitrogen and oxygen atoms in total. The fourth-order valence-corrected chi connectivity index (χ4v) is 1.72. The smallest absolute Gasteiger partial charge is 0.254 e. The highest BCUT2D eigenvalue weighted by molar-refractivity contribution is 5.52. The third kappa shape index (κ3) is 3.81. The van der Waals surface area contributed by atoms with Crippen molar-refractivity contribution in [2.24, 2.45) is 10.2 Å². The molecule has 0 saturated heterocycles. The molecule has 1 aromatic heterocycles. The Labute approximate surface area is 128 Å². The molecule has 0 spiro atoms. The lowest BCUT2D eigenvalue weighted by molar-refractivity contribution is 0.304. The molecule has 0 bridgehead atoms. The van der Waals surface area contributed by atoms with E-state index in [-0.39, 0.29) is 12.3 Å². The molecule has 0 aliphatic heterocycles. The van der Waals surface area contributed by atoms with E-state index < -0.39 is 29.2 Å². The number of aliphatic hydroxyl groups is 1. The lowest BCUT2D eigenvalue weighted by Crippen LogP contribution is -2.20. The van der Waals surface area contributed by atoms with E-state index in [1.807, 2.05) is 0 Å². The van der Waals surface area contributed by atoms with Crippen molar-refractivity contribution in [1.29, 1.82) is 0 Å². The average Bonchev–Trinajstić information content (AvgIpc) is 2.54. The zero-order valence-corrected chi connectivity index (χ0v) is 12.0. The van der Waals surface area contributed by atoms with E-state index in [2.05, 4.69) is 15.2 Å². The molecule has 23 heavy (non-hydrogen) atoms. The quantitative estimate of drug-likeness (QED) is 0.519. The normalized spacial score (nSPS) is 11.2. The summed E-state index contributed by atoms with van der Waals surface area (Å²) in [6, 6.07) is 6.28. The third-order valence-corrected chi connectivity index (χ3v) is 2.97. The predicted molar refractivity (Wildman–Crippen MR) is 75.0 cm³/mol. The van der Waals surface area contributed by atoms with Gasteiger partial charge in [-0.3, -0.25) is 0 Å². The van der Waals surface area contributed by atoms with Crippen LogP contribution in [0.4, 0.5) is 34.6 Å². The first-order valence-corrected chi connectivity index (χ1v) is 6.47. The highest BCUT2D eigenvalue weighted by Gasteiger charge is 2.20. The van der Waals surface area contributed by atoms with Crippen LogP contribution in [0.5, 0.6) is 0 Å². The van der Waals surface area contributed by atoms with Crippen LogP contribution in [0.1, 0.15) is 0 Å². The second kappa shape index (κ2) is 7.14. The van der Waals surface area contributed by atoms with Gasteiger partial charge in [0.2, 0.25) is 11.6 Å². The fourth-order valence-electron chi connectivity index (χ4n) is 1.72. The highest BCUT2D eigenvalue weighted by atomic mass is 19.2. The summed E-state index contributed by atoms with van der Waals surface area (Å²) < 4.78 is 52.6. The van der Waals surface area contributed by atoms with Crippen LogP contribution in [-0.4, -0.2) is 30.3 Å². The lowest BCUT2D eigenvalue weighted by atomic mass is 10.2. The number of halogens is 4. The Morgan fingerprint density at radius 1 is 1.00 bits per heavy atom. The van der Waals surface area contributed by atoms with Gasteiger partial charge in [-0.2, -0.15) is 27.7 Å². The maximum atomic E-state index is 13.4. The molecule has 1 heterocycles. The summed E-state index contributed by atoms with van der Waals surface area (Å²) in [6.45, 7) is 0.405. The van der Waals surface area contributed by atoms with Crippen LogP contribution >= 0.6 is 0 Å². The van der Waals surface area contributed by atoms with Gasteiger partial charge in [0.15, 0.2) is 5.69 Å². The summed E-state index contributed by atoms with van der Waals surface area (Å²) in [5.74, 6) is -7.02. The number of aromatic nitrogens is 1. The van der Waals surface area contributed by atoms with Crippen LogP contribution in [0.3, 0.4) is 0 Å². The molecule has 1 N–H and O–H groups in total. The molecule has 1 aromatic carbocycles. The van der Waals surface area contributed by atoms with Gasteiger partial charge >= 0.3 is 0 Å². The average molecular weight is 328 g/mol. The molecule has 0 aliphatic rings. The summed E-state index contributed by atoms with van der Waals surface area (Å²) in [4.78, 5) is 4.20. The van der Waals surface area contributed by atoms with Crippen LogP contribution in [0, 0.1) is 23.5 Å². The molecule has 2 rings (SSSR count). The predicted octanol–water partition coefficient (Wildman–Crippen LogP) is 3.48. The van der Waals surface area contributed by atoms with Crippen molar-refractivity contribution in [1.82, 2.24) is 4.98 Å². The Bertz CT molecular complexity index is 695. The van der Waals surface area contributed by atoms with Crippen molar-refractivity contribution in [3.8, 4) is 0 Å². The van der Waals surface area contributed by atoms with Crippen molar-refractivity contribution in [3.05, 3.63) is 47.8 Å². The van der Waals surface area contributed by atoms with Crippen LogP contribution in [-0.2, 0) is 0 Å². The Morgan fingerprint density at radius 2 is 1.57 bits per heavy atom. The van der Waals surface area contributed by atoms with E-state index in [1.165, 1.54) is 12.1 Å². The first-order valence-electron chi connectivity index (χ1n) is 6.47. The second-order valence-electron chi connectivity index (χ2n) is 4.53. The standard InChI is InChI=1S/C14H12F4N4O/c1-22(6-7-23)9-4-2-8(3-5-9)20-21-12-10(15)13(17)19-14(18)11(12)16/h2-5,23H,6-7H2,1H3. The molecule has 0 atom stereocenters. The van der Waals surface area contributed by atoms with Gasteiger partial charge < -0.3 is 10.0 Å². The zero-order valence-electron chi connectivity index (χ0n) is 12.0. The van der Waals surface area contributed by atoms with E-state index in [9.17, 15) is 17.6 Å². The van der Waals surface area contributed by atoms with Gasteiger partial charge in [-0.15, -0.1) is 5.11 Å². The second-order valence-corrected chi connectivity index (χ2v) is 4.53. The molecular formula is C14H12F4N4O. The summed E-state index contributed by atoms with van der Waals surface area (Å²) in [7, 11) is 1.76. The summed E-state index contributed by atoms with van der Waals surface area (Å²) in [5.41, 5.74) is -0.185. The van der Waals surface area contributed by atoms with Gasteiger partial charge in [-0.1, -0.05) is 0 Å². The number of rotatable bonds is 5. The first kappa shape index (κ1) is 16.8. The molecule has 0 unspecified atom stereocenters. The monoisotopic (exact) mass is 328 g/mol. The van der Waals surface area contributed by atoms with Crippen LogP contribution in [0.2, 0.25) is 0 Å². The fraction of sp³-hybridized carbons (Fsp3) is 0.214. The molecule has 9 heteroatoms. The molecule has 0 saturated carbocycles. The number of anilines is 1. The molecular weight excluding hydrogens is 316 g/mol. The number of likely N-dealkylation sites (N-methyl/N-ethyl adjacent to an activating group) is 1. The van der Waals surface area contributed by atoms with Crippen molar-refractivity contribution >= 4 is 17.1 Å². The number of aliphatic hydroxyl groups excluding tert-OH is 1. The Morgan fingerprint density at radius 3 is 2.09 bits per heavy atom. The minimum Gasteiger partial charge on any atom is -0.395 e. The van der Waals surface area contributed by atoms with E-state index in [1.54, 1.807) is 24.1 Å². The SMILES string of the molecule is CN(CCO)c1ccc(N=Nc2c(F)c(F)nc(F)c2F)cc1. The minimum atomic E-state index is -1.79. The molecule has 0 amide bonds. The van der Waals surface area contributed by atoms with Gasteiger partial charge in [-0.05, 0) is 24.3 Å². The molecule has 122 valence electrons. The lowest BCUT2D eigenvalue weighted by Gasteiger charge is -2.17. The van der Waals surface area contributed by atoms with Gasteiger partial charge in [-0.25, -0.2) is 0 Å². The Kier molecular flexibility index (Phi) is 5.22. The van der Waals surface area contributed by atoms with Crippen molar-refractivity contribution in [3.63, 3.8) is 0 Å². The zero-order chi connectivity index (χ0) is 17.0. The van der Waals surface area contributed by atoms with Gasteiger partial charge in [0, 0.05) is 19.3 Å². The van der Waals surface area contributed by atoms with E-state index in [0.29, 0.717) is 6.54 Å². The Hall–Kier alpha value is -2.55. The summed E-state index contributed by atoms with van der Waals surface area (Å²) in [5, 5.41) is 15.6. The number of hydrogen-bond acceptors (Lipinski definition) is 5. The number of hydrogen-bond donors (Lipinski definition) is 1. The minimum absolute atomic E-state index is 0.0182. The molecule has 0 fully saturated rings. The van der Waals surface area contributed by atoms with Gasteiger partial charge in [0.05, 0.1) is 12.3 Å². The van der Waals surface area contributed by atoms with Crippen molar-refractivity contribution in [2.45, 2.75) is 0 Å². The summed E-state index contributed by atoms with van der Waals surface area (Å²) in [6.07, 6.45) is 0. The van der Waals surface area contributed by atoms with Crippen LogP contribution in [0.15, 0.2) is 34.5 Å². The highest BCUT2D eigenvalue weighted by Crippen LogP contribution is 2.27. The van der Waals surface area contributed by atoms with E-state index in [4.69, 9.17) is 5.11 Å². The number of benzene rings is 1. The van der Waals surface area contributed by atoms with E-state index >= 15 is 0 Å². The van der Waals surface area contributed by atoms with Gasteiger partial charge in [0.1, 0.15) is 0 Å². The number of pyridine rings is 1. The maximum Gasteiger partial charge on any atom is 0.254 e. The third-order valence-electron chi connectivity index (χ3n) is 2.97. The molecule has 2 aromatic rings. The van der Waals surface area contributed by atoms with Gasteiger partial charge in [0.25, 0.3) is 11.9 Å². The van der Waals surface area contributed by atoms with Crippen molar-refractivity contribution < 1.29 is 22.7 Å². The maximum absolute atomic E-state index is 13.4. The molecule has 0 aliphatic carbocycles. The van der Waals surface area contributed by atoms with Crippen LogP contribution in [0.25, 0.3) is 0 Å². The number of azo groups is 1. The number of nitrogens with zero attached hydrogens (tertiary/aromatic N) is 4. The Balaban J connectivity index is 2.24. The van der Waals surface area contributed by atoms with E-state index in [0.717, 1.165) is 5.69 Å². The summed E-state index contributed by atoms with van der Waals surface area (Å²) >= 11 is 0.